The lowest BCUT2D eigenvalue weighted by Gasteiger charge is -2.30. The SMILES string of the molecule is C[C@H](OCc1ccccc1)[C@H](O)C(C(=O)OC(C)(C)C)C(=O)OC(C)(C)C. The number of benzene rings is 1. The quantitative estimate of drug-likeness (QED) is 0.578. The Morgan fingerprint density at radius 3 is 1.78 bits per heavy atom. The van der Waals surface area contributed by atoms with Gasteiger partial charge in [0.05, 0.1) is 12.7 Å². The molecule has 0 spiro atoms. The zero-order valence-electron chi connectivity index (χ0n) is 17.3. The standard InChI is InChI=1S/C21H32O6/c1-14(25-13-15-11-9-8-10-12-15)17(22)16(18(23)26-20(2,3)4)19(24)27-21(5,6)7/h8-12,14,16-17,22H,13H2,1-7H3/t14-,17-/m0/s1. The van der Waals surface area contributed by atoms with Gasteiger partial charge in [-0.2, -0.15) is 0 Å². The molecule has 1 aromatic rings. The third-order valence-electron chi connectivity index (χ3n) is 3.50. The van der Waals surface area contributed by atoms with Crippen LogP contribution in [0.1, 0.15) is 54.0 Å². The van der Waals surface area contributed by atoms with Crippen molar-refractivity contribution < 1.29 is 28.9 Å². The molecule has 1 aromatic carbocycles. The molecule has 1 N–H and O–H groups in total. The molecule has 0 unspecified atom stereocenters. The largest absolute Gasteiger partial charge is 0.459 e. The normalized spacial score (nSPS) is 14.6. The van der Waals surface area contributed by atoms with Crippen LogP contribution >= 0.6 is 0 Å². The molecule has 6 heteroatoms. The molecular weight excluding hydrogens is 348 g/mol. The Labute approximate surface area is 161 Å². The number of hydrogen-bond donors (Lipinski definition) is 1. The topological polar surface area (TPSA) is 82.1 Å². The van der Waals surface area contributed by atoms with E-state index in [-0.39, 0.29) is 6.61 Å². The third kappa shape index (κ3) is 8.54. The molecule has 6 nitrogen and oxygen atoms in total. The molecule has 0 saturated heterocycles. The Morgan fingerprint density at radius 1 is 0.926 bits per heavy atom. The van der Waals surface area contributed by atoms with E-state index in [4.69, 9.17) is 14.2 Å². The molecule has 27 heavy (non-hydrogen) atoms. The number of carbonyl (C=O) groups excluding carboxylic acids is 2. The fraction of sp³-hybridized carbons (Fsp3) is 0.619. The Hall–Kier alpha value is -1.92. The van der Waals surface area contributed by atoms with Gasteiger partial charge in [0, 0.05) is 0 Å². The maximum Gasteiger partial charge on any atom is 0.323 e. The van der Waals surface area contributed by atoms with Crippen LogP contribution in [0.5, 0.6) is 0 Å². The summed E-state index contributed by atoms with van der Waals surface area (Å²) in [7, 11) is 0. The second-order valence-electron chi connectivity index (χ2n) is 8.54. The Bertz CT molecular complexity index is 584. The van der Waals surface area contributed by atoms with Crippen molar-refractivity contribution in [2.75, 3.05) is 0 Å². The molecule has 0 bridgehead atoms. The molecule has 0 amide bonds. The summed E-state index contributed by atoms with van der Waals surface area (Å²) < 4.78 is 16.3. The highest BCUT2D eigenvalue weighted by Crippen LogP contribution is 2.22. The summed E-state index contributed by atoms with van der Waals surface area (Å²) in [6.45, 7) is 12.0. The molecule has 0 aromatic heterocycles. The van der Waals surface area contributed by atoms with E-state index in [1.54, 1.807) is 48.5 Å². The van der Waals surface area contributed by atoms with Crippen LogP contribution in [0.3, 0.4) is 0 Å². The summed E-state index contributed by atoms with van der Waals surface area (Å²) in [4.78, 5) is 25.1. The zero-order valence-corrected chi connectivity index (χ0v) is 17.3. The molecule has 0 radical (unpaired) electrons. The van der Waals surface area contributed by atoms with Crippen molar-refractivity contribution in [1.29, 1.82) is 0 Å². The first-order valence-electron chi connectivity index (χ1n) is 9.09. The van der Waals surface area contributed by atoms with Crippen LogP contribution in [0.2, 0.25) is 0 Å². The fourth-order valence-corrected chi connectivity index (χ4v) is 2.28. The predicted octanol–water partition coefficient (Wildman–Crippen LogP) is 3.25. The van der Waals surface area contributed by atoms with E-state index < -0.39 is 41.3 Å². The van der Waals surface area contributed by atoms with Gasteiger partial charge in [-0.3, -0.25) is 9.59 Å². The van der Waals surface area contributed by atoms with Gasteiger partial charge < -0.3 is 19.3 Å². The van der Waals surface area contributed by atoms with Crippen molar-refractivity contribution in [3.8, 4) is 0 Å². The van der Waals surface area contributed by atoms with E-state index in [1.807, 2.05) is 30.3 Å². The van der Waals surface area contributed by atoms with Crippen LogP contribution < -0.4 is 0 Å². The van der Waals surface area contributed by atoms with Crippen molar-refractivity contribution in [2.24, 2.45) is 5.92 Å². The van der Waals surface area contributed by atoms with Gasteiger partial charge in [-0.1, -0.05) is 30.3 Å². The van der Waals surface area contributed by atoms with Crippen molar-refractivity contribution in [3.05, 3.63) is 35.9 Å². The van der Waals surface area contributed by atoms with Gasteiger partial charge in [0.25, 0.3) is 0 Å². The summed E-state index contributed by atoms with van der Waals surface area (Å²) in [6.07, 6.45) is -2.19. The van der Waals surface area contributed by atoms with Crippen LogP contribution in [-0.2, 0) is 30.4 Å². The lowest BCUT2D eigenvalue weighted by atomic mass is 9.97. The molecule has 152 valence electrons. The van der Waals surface area contributed by atoms with Crippen LogP contribution in [0.25, 0.3) is 0 Å². The zero-order chi connectivity index (χ0) is 20.8. The Kier molecular flexibility index (Phi) is 7.99. The predicted molar refractivity (Wildman–Crippen MR) is 102 cm³/mol. The maximum atomic E-state index is 12.6. The number of aliphatic hydroxyl groups excluding tert-OH is 1. The summed E-state index contributed by atoms with van der Waals surface area (Å²) in [5, 5.41) is 10.7. The number of hydrogen-bond acceptors (Lipinski definition) is 6. The van der Waals surface area contributed by atoms with Gasteiger partial charge in [-0.15, -0.1) is 0 Å². The van der Waals surface area contributed by atoms with Gasteiger partial charge in [-0.05, 0) is 54.0 Å². The third-order valence-corrected chi connectivity index (χ3v) is 3.50. The molecule has 2 atom stereocenters. The van der Waals surface area contributed by atoms with Crippen LogP contribution in [0.4, 0.5) is 0 Å². The summed E-state index contributed by atoms with van der Waals surface area (Å²) >= 11 is 0. The van der Waals surface area contributed by atoms with Crippen molar-refractivity contribution in [3.63, 3.8) is 0 Å². The van der Waals surface area contributed by atoms with E-state index >= 15 is 0 Å². The lowest BCUT2D eigenvalue weighted by molar-refractivity contribution is -0.184. The van der Waals surface area contributed by atoms with E-state index in [0.717, 1.165) is 5.56 Å². The van der Waals surface area contributed by atoms with Crippen molar-refractivity contribution in [2.45, 2.75) is 78.5 Å². The molecule has 0 aliphatic rings. The second-order valence-corrected chi connectivity index (χ2v) is 8.54. The molecule has 1 rings (SSSR count). The second kappa shape index (κ2) is 9.33. The molecular formula is C21H32O6. The Balaban J connectivity index is 2.91. The number of rotatable bonds is 7. The lowest BCUT2D eigenvalue weighted by Crippen LogP contribution is -2.47. The minimum atomic E-state index is -1.49. The fourth-order valence-electron chi connectivity index (χ4n) is 2.28. The first kappa shape index (κ1) is 23.1. The van der Waals surface area contributed by atoms with Gasteiger partial charge >= 0.3 is 11.9 Å². The van der Waals surface area contributed by atoms with Crippen LogP contribution in [0, 0.1) is 5.92 Å². The molecule has 0 aliphatic carbocycles. The molecule has 0 fully saturated rings. The highest BCUT2D eigenvalue weighted by molar-refractivity contribution is 5.96. The number of ether oxygens (including phenoxy) is 3. The number of esters is 2. The Morgan fingerprint density at radius 2 is 1.37 bits per heavy atom. The van der Waals surface area contributed by atoms with E-state index in [0.29, 0.717) is 0 Å². The average molecular weight is 380 g/mol. The first-order chi connectivity index (χ1) is 12.3. The van der Waals surface area contributed by atoms with Gasteiger partial charge in [0.2, 0.25) is 0 Å². The van der Waals surface area contributed by atoms with E-state index in [2.05, 4.69) is 0 Å². The summed E-state index contributed by atoms with van der Waals surface area (Å²) in [5.74, 6) is -3.16. The summed E-state index contributed by atoms with van der Waals surface area (Å²) in [6, 6.07) is 9.42. The van der Waals surface area contributed by atoms with Crippen molar-refractivity contribution in [1.82, 2.24) is 0 Å². The van der Waals surface area contributed by atoms with Gasteiger partial charge in [0.1, 0.15) is 17.3 Å². The molecule has 0 aliphatic heterocycles. The summed E-state index contributed by atoms with van der Waals surface area (Å²) in [5.41, 5.74) is -0.682. The number of carbonyl (C=O) groups is 2. The minimum Gasteiger partial charge on any atom is -0.459 e. The molecule has 0 heterocycles. The average Bonchev–Trinajstić information content (AvgIpc) is 2.50. The minimum absolute atomic E-state index is 0.244. The van der Waals surface area contributed by atoms with Crippen LogP contribution in [0.15, 0.2) is 30.3 Å². The van der Waals surface area contributed by atoms with E-state index in [1.165, 1.54) is 0 Å². The highest BCUT2D eigenvalue weighted by atomic mass is 16.6. The van der Waals surface area contributed by atoms with Gasteiger partial charge in [-0.25, -0.2) is 0 Å². The van der Waals surface area contributed by atoms with E-state index in [9.17, 15) is 14.7 Å². The molecule has 0 saturated carbocycles. The monoisotopic (exact) mass is 380 g/mol. The van der Waals surface area contributed by atoms with Crippen molar-refractivity contribution >= 4 is 11.9 Å². The van der Waals surface area contributed by atoms with Crippen LogP contribution in [-0.4, -0.2) is 40.5 Å². The van der Waals surface area contributed by atoms with Gasteiger partial charge in [0.15, 0.2) is 5.92 Å². The smallest absolute Gasteiger partial charge is 0.323 e. The number of aliphatic hydroxyl groups is 1. The maximum absolute atomic E-state index is 12.6. The first-order valence-corrected chi connectivity index (χ1v) is 9.09. The highest BCUT2D eigenvalue weighted by Gasteiger charge is 2.42.